The molecule has 0 atom stereocenters. The fourth-order valence-electron chi connectivity index (χ4n) is 7.15. The van der Waals surface area contributed by atoms with Crippen LogP contribution < -0.4 is 10.6 Å². The zero-order valence-corrected chi connectivity index (χ0v) is 34.9. The van der Waals surface area contributed by atoms with E-state index in [4.69, 9.17) is 67.5 Å². The van der Waals surface area contributed by atoms with Crippen LogP contribution >= 0.6 is 58.0 Å². The molecule has 2 saturated carbocycles. The number of rotatable bonds is 5. The number of hydrogen-bond donors (Lipinski definition) is 3. The first kappa shape index (κ1) is 46.3. The van der Waals surface area contributed by atoms with Crippen molar-refractivity contribution in [3.05, 3.63) is 78.1 Å². The van der Waals surface area contributed by atoms with Gasteiger partial charge in [-0.3, -0.25) is 9.59 Å². The first-order chi connectivity index (χ1) is 26.5. The fourth-order valence-corrected chi connectivity index (χ4v) is 8.64. The minimum absolute atomic E-state index is 0.00860. The summed E-state index contributed by atoms with van der Waals surface area (Å²) >= 11 is 29.2. The summed E-state index contributed by atoms with van der Waals surface area (Å²) in [7, 11) is 0. The number of carbonyl (C=O) groups excluding carboxylic acids is 4. The van der Waals surface area contributed by atoms with Gasteiger partial charge in [-0.1, -0.05) is 46.4 Å². The van der Waals surface area contributed by atoms with Crippen LogP contribution in [-0.4, -0.2) is 64.6 Å². The van der Waals surface area contributed by atoms with Crippen LogP contribution in [0.1, 0.15) is 87.5 Å². The minimum atomic E-state index is -2.83. The van der Waals surface area contributed by atoms with Gasteiger partial charge in [-0.05, 0) is 88.8 Å². The minimum Gasteiger partial charge on any atom is -0.509 e. The molecule has 2 aliphatic heterocycles. The number of nitrogens with one attached hydrogen (secondary N) is 2. The summed E-state index contributed by atoms with van der Waals surface area (Å²) < 4.78 is 68.7. The van der Waals surface area contributed by atoms with Crippen molar-refractivity contribution in [2.45, 2.75) is 102 Å². The molecule has 2 amide bonds. The molecule has 0 radical (unpaired) electrons. The van der Waals surface area contributed by atoms with Crippen LogP contribution in [0.25, 0.3) is 11.1 Å². The van der Waals surface area contributed by atoms with Gasteiger partial charge in [-0.2, -0.15) is 0 Å². The van der Waals surface area contributed by atoms with Crippen molar-refractivity contribution in [3.8, 4) is 0 Å². The zero-order chi connectivity index (χ0) is 42.7. The second-order valence-electron chi connectivity index (χ2n) is 13.8. The molecule has 3 N–H and O–H groups in total. The Morgan fingerprint density at radius 1 is 0.684 bits per heavy atom. The molecule has 6 rings (SSSR count). The predicted octanol–water partition coefficient (Wildman–Crippen LogP) is 11.3. The van der Waals surface area contributed by atoms with Crippen LogP contribution in [0.4, 0.5) is 27.2 Å². The van der Waals surface area contributed by atoms with Gasteiger partial charge >= 0.3 is 11.6 Å². The van der Waals surface area contributed by atoms with E-state index in [9.17, 15) is 41.8 Å². The molecule has 2 fully saturated rings. The molecule has 0 unspecified atom stereocenters. The molecule has 4 aliphatic rings. The summed E-state index contributed by atoms with van der Waals surface area (Å²) in [6, 6.07) is 6.20. The summed E-state index contributed by atoms with van der Waals surface area (Å²) in [4.78, 5) is 46.9. The standard InChI is InChI=1S/C19H19Cl2F2NO4.C16H15Cl2F2NO2.C3H5ClO2/c1-3-27-17(26)28-15-14(13-10(2)8-11(20)9-12(13)21)16(25)24-18(15)4-6-19(22,23)7-5-18;1-8-6-9(17)7-10(18)11(8)12-13(22)15(21-14(12)23)2-4-16(19,20)5-3-15;1-2-6-3(4)5/h8-9H,3-7H2,1-2H3,(H,24,25);6-7,22H,2-5H2,1H3,(H,21,23);2H2,1H3. The van der Waals surface area contributed by atoms with Gasteiger partial charge < -0.3 is 30.0 Å². The third kappa shape index (κ3) is 10.6. The van der Waals surface area contributed by atoms with Gasteiger partial charge in [0, 0.05) is 58.5 Å². The van der Waals surface area contributed by atoms with E-state index >= 15 is 0 Å². The highest BCUT2D eigenvalue weighted by Gasteiger charge is 2.54. The van der Waals surface area contributed by atoms with Gasteiger partial charge in [0.15, 0.2) is 5.76 Å². The van der Waals surface area contributed by atoms with Crippen molar-refractivity contribution < 1.29 is 56.1 Å². The maximum absolute atomic E-state index is 13.7. The van der Waals surface area contributed by atoms with Gasteiger partial charge in [0.2, 0.25) is 11.8 Å². The number of ether oxygens (including phenoxy) is 3. The molecule has 0 saturated heterocycles. The largest absolute Gasteiger partial charge is 0.513 e. The summed E-state index contributed by atoms with van der Waals surface area (Å²) in [6.45, 7) is 7.14. The van der Waals surface area contributed by atoms with Crippen molar-refractivity contribution in [1.82, 2.24) is 10.6 Å². The van der Waals surface area contributed by atoms with Crippen LogP contribution in [0.2, 0.25) is 20.1 Å². The van der Waals surface area contributed by atoms with Crippen LogP contribution in [-0.2, 0) is 23.8 Å². The highest BCUT2D eigenvalue weighted by Crippen LogP contribution is 2.50. The SMILES string of the molecule is CCOC(=O)Cl.CCOC(=O)OC1=C(c2c(C)cc(Cl)cc2Cl)C(=O)NC12CCC(F)(F)CC2.Cc1cc(Cl)cc(Cl)c1C1=C(O)C2(CCC(F)(F)CC2)NC1=O. The highest BCUT2D eigenvalue weighted by atomic mass is 35.5. The molecule has 57 heavy (non-hydrogen) atoms. The molecule has 2 aromatic carbocycles. The lowest BCUT2D eigenvalue weighted by atomic mass is 9.78. The third-order valence-corrected chi connectivity index (χ3v) is 11.0. The number of hydrogen-bond acceptors (Lipinski definition) is 8. The molecule has 2 aliphatic carbocycles. The Morgan fingerprint density at radius 2 is 1.09 bits per heavy atom. The number of aliphatic hydroxyl groups excluding tert-OH is 1. The average Bonchev–Trinajstić information content (AvgIpc) is 3.48. The Hall–Kier alpha value is -3.43. The van der Waals surface area contributed by atoms with E-state index in [1.54, 1.807) is 39.8 Å². The van der Waals surface area contributed by atoms with Gasteiger partial charge in [-0.15, -0.1) is 0 Å². The lowest BCUT2D eigenvalue weighted by Gasteiger charge is -2.37. The summed E-state index contributed by atoms with van der Waals surface area (Å²) in [5.41, 5.74) is -1.02. The number of carbonyl (C=O) groups is 4. The highest BCUT2D eigenvalue weighted by molar-refractivity contribution is 6.61. The number of aryl methyl sites for hydroxylation is 2. The number of amides is 2. The molecule has 0 bridgehead atoms. The smallest absolute Gasteiger partial charge is 0.509 e. The number of benzene rings is 2. The number of aliphatic hydroxyl groups is 1. The van der Waals surface area contributed by atoms with Crippen LogP contribution in [0.15, 0.2) is 35.8 Å². The van der Waals surface area contributed by atoms with E-state index in [1.165, 1.54) is 12.1 Å². The Morgan fingerprint density at radius 3 is 1.49 bits per heavy atom. The van der Waals surface area contributed by atoms with E-state index in [0.29, 0.717) is 38.9 Å². The maximum Gasteiger partial charge on any atom is 0.513 e. The van der Waals surface area contributed by atoms with Crippen LogP contribution in [0.3, 0.4) is 0 Å². The summed E-state index contributed by atoms with van der Waals surface area (Å²) in [5, 5.41) is 17.3. The van der Waals surface area contributed by atoms with Gasteiger partial charge in [-0.25, -0.2) is 27.2 Å². The molecule has 2 aromatic rings. The van der Waals surface area contributed by atoms with Gasteiger partial charge in [0.25, 0.3) is 11.8 Å². The monoisotopic (exact) mass is 902 g/mol. The fraction of sp³-hybridized carbons (Fsp3) is 0.474. The van der Waals surface area contributed by atoms with Gasteiger partial charge in [0.1, 0.15) is 5.76 Å². The molecular formula is C38H39Cl5F4N2O8. The van der Waals surface area contributed by atoms with Crippen LogP contribution in [0, 0.1) is 13.8 Å². The molecule has 312 valence electrons. The lowest BCUT2D eigenvalue weighted by molar-refractivity contribution is -0.118. The average molecular weight is 905 g/mol. The van der Waals surface area contributed by atoms with E-state index < -0.39 is 59.2 Å². The summed E-state index contributed by atoms with van der Waals surface area (Å²) in [6.07, 6.45) is -2.81. The normalized spacial score (nSPS) is 19.9. The van der Waals surface area contributed by atoms with E-state index in [0.717, 1.165) is 0 Å². The van der Waals surface area contributed by atoms with Gasteiger partial charge in [0.05, 0.1) is 45.5 Å². The Balaban J connectivity index is 0.000000224. The second-order valence-corrected chi connectivity index (χ2v) is 15.8. The van der Waals surface area contributed by atoms with Crippen molar-refractivity contribution in [3.63, 3.8) is 0 Å². The number of halogens is 9. The molecule has 2 heterocycles. The Labute approximate surface area is 351 Å². The van der Waals surface area contributed by atoms with Crippen molar-refractivity contribution in [2.24, 2.45) is 0 Å². The first-order valence-corrected chi connectivity index (χ1v) is 19.6. The molecule has 10 nitrogen and oxygen atoms in total. The molecular weight excluding hydrogens is 866 g/mol. The maximum atomic E-state index is 13.7. The second kappa shape index (κ2) is 18.2. The zero-order valence-electron chi connectivity index (χ0n) is 31.1. The molecule has 19 heteroatoms. The molecule has 0 aromatic heterocycles. The molecule has 2 spiro atoms. The quantitative estimate of drug-likeness (QED) is 0.153. The van der Waals surface area contributed by atoms with E-state index in [-0.39, 0.29) is 77.8 Å². The topological polar surface area (TPSA) is 140 Å². The van der Waals surface area contributed by atoms with Crippen LogP contribution in [0.5, 0.6) is 0 Å². The summed E-state index contributed by atoms with van der Waals surface area (Å²) in [5.74, 6) is -6.87. The van der Waals surface area contributed by atoms with E-state index in [1.807, 2.05) is 0 Å². The lowest BCUT2D eigenvalue weighted by Crippen LogP contribution is -2.50. The predicted molar refractivity (Wildman–Crippen MR) is 208 cm³/mol. The number of alkyl halides is 4. The first-order valence-electron chi connectivity index (χ1n) is 17.7. The van der Waals surface area contributed by atoms with E-state index in [2.05, 4.69) is 15.4 Å². The van der Waals surface area contributed by atoms with Crippen molar-refractivity contribution >= 4 is 92.5 Å². The van der Waals surface area contributed by atoms with Crippen molar-refractivity contribution in [2.75, 3.05) is 13.2 Å². The Bertz CT molecular complexity index is 1940. The Kier molecular flexibility index (Phi) is 14.8. The third-order valence-electron chi connectivity index (χ3n) is 9.89. The van der Waals surface area contributed by atoms with Crippen molar-refractivity contribution in [1.29, 1.82) is 0 Å².